The zero-order valence-electron chi connectivity index (χ0n) is 17.5. The molecule has 2 heterocycles. The molecule has 2 N–H and O–H groups in total. The van der Waals surface area contributed by atoms with Gasteiger partial charge < -0.3 is 15.4 Å². The molecule has 0 bridgehead atoms. The number of amides is 2. The monoisotopic (exact) mass is 416 g/mol. The van der Waals surface area contributed by atoms with Gasteiger partial charge in [-0.3, -0.25) is 15.0 Å². The fourth-order valence-corrected chi connectivity index (χ4v) is 4.41. The van der Waals surface area contributed by atoms with Crippen molar-refractivity contribution in [2.45, 2.75) is 33.2 Å². The summed E-state index contributed by atoms with van der Waals surface area (Å²) in [6.07, 6.45) is 1.14. The van der Waals surface area contributed by atoms with Gasteiger partial charge in [0.05, 0.1) is 23.1 Å². The number of hydrogen-bond acceptors (Lipinski definition) is 6. The Morgan fingerprint density at radius 3 is 2.63 bits per heavy atom. The third-order valence-corrected chi connectivity index (χ3v) is 5.39. The molecule has 0 aromatic heterocycles. The molecule has 1 fully saturated rings. The second-order valence-electron chi connectivity index (χ2n) is 8.14. The largest absolute Gasteiger partial charge is 0.463 e. The van der Waals surface area contributed by atoms with Crippen LogP contribution in [0, 0.1) is 22.0 Å². The van der Waals surface area contributed by atoms with Gasteiger partial charge in [0.25, 0.3) is 5.69 Å². The Hall–Kier alpha value is -2.94. The van der Waals surface area contributed by atoms with E-state index in [0.717, 1.165) is 19.5 Å². The molecular formula is C21H28N4O5. The van der Waals surface area contributed by atoms with Crippen LogP contribution in [0.15, 0.2) is 35.5 Å². The van der Waals surface area contributed by atoms with Crippen LogP contribution in [0.3, 0.4) is 0 Å². The lowest BCUT2D eigenvalue weighted by Gasteiger charge is -2.37. The van der Waals surface area contributed by atoms with Crippen LogP contribution in [0.5, 0.6) is 0 Å². The molecule has 2 aliphatic heterocycles. The number of piperidine rings is 1. The molecule has 3 rings (SSSR count). The summed E-state index contributed by atoms with van der Waals surface area (Å²) < 4.78 is 5.27. The molecule has 3 atom stereocenters. The predicted molar refractivity (Wildman–Crippen MR) is 111 cm³/mol. The summed E-state index contributed by atoms with van der Waals surface area (Å²) in [7, 11) is 0. The van der Waals surface area contributed by atoms with Crippen LogP contribution < -0.4 is 10.6 Å². The second-order valence-corrected chi connectivity index (χ2v) is 8.14. The van der Waals surface area contributed by atoms with E-state index in [4.69, 9.17) is 4.74 Å². The molecule has 0 unspecified atom stereocenters. The molecule has 162 valence electrons. The van der Waals surface area contributed by atoms with Gasteiger partial charge in [0, 0.05) is 37.5 Å². The Bertz CT molecular complexity index is 859. The smallest absolute Gasteiger partial charge is 0.338 e. The molecule has 2 aliphatic rings. The first-order chi connectivity index (χ1) is 14.3. The average molecular weight is 416 g/mol. The summed E-state index contributed by atoms with van der Waals surface area (Å²) in [6, 6.07) is 4.67. The topological polar surface area (TPSA) is 114 Å². The van der Waals surface area contributed by atoms with Crippen LogP contribution in [-0.4, -0.2) is 48.1 Å². The molecule has 9 heteroatoms. The lowest BCUT2D eigenvalue weighted by molar-refractivity contribution is -0.384. The van der Waals surface area contributed by atoms with Crippen molar-refractivity contribution in [2.24, 2.45) is 11.8 Å². The number of benzene rings is 1. The molecule has 2 amide bonds. The van der Waals surface area contributed by atoms with Gasteiger partial charge in [-0.2, -0.15) is 0 Å². The van der Waals surface area contributed by atoms with Crippen molar-refractivity contribution in [3.8, 4) is 0 Å². The standard InChI is InChI=1S/C21H28N4O5/c1-4-30-20(26)18-17(12-24-10-13(2)8-14(3)11-24)22-21(27)23-19(18)15-6-5-7-16(9-15)25(28)29/h5-7,9,13-14,19H,4,8,10-12H2,1-3H3,(H2,22,23,27)/t13-,14-,19-/m1/s1. The number of carbonyl (C=O) groups excluding carboxylic acids is 2. The summed E-state index contributed by atoms with van der Waals surface area (Å²) in [6.45, 7) is 8.42. The molecule has 0 radical (unpaired) electrons. The fourth-order valence-electron chi connectivity index (χ4n) is 4.41. The SMILES string of the molecule is CCOC(=O)C1=C(CN2C[C@H](C)C[C@@H](C)C2)NC(=O)N[C@@H]1c1cccc([N+](=O)[O-])c1. The van der Waals surface area contributed by atoms with Gasteiger partial charge in [-0.15, -0.1) is 0 Å². The highest BCUT2D eigenvalue weighted by Crippen LogP contribution is 2.31. The number of nitrogens with one attached hydrogen (secondary N) is 2. The Morgan fingerprint density at radius 1 is 1.30 bits per heavy atom. The lowest BCUT2D eigenvalue weighted by atomic mass is 9.91. The van der Waals surface area contributed by atoms with Gasteiger partial charge >= 0.3 is 12.0 Å². The third kappa shape index (κ3) is 4.96. The molecule has 30 heavy (non-hydrogen) atoms. The number of rotatable bonds is 6. The number of non-ortho nitro benzene ring substituents is 1. The van der Waals surface area contributed by atoms with Gasteiger partial charge in [0.15, 0.2) is 0 Å². The van der Waals surface area contributed by atoms with E-state index in [2.05, 4.69) is 29.4 Å². The van der Waals surface area contributed by atoms with Crippen molar-refractivity contribution in [3.63, 3.8) is 0 Å². The minimum Gasteiger partial charge on any atom is -0.463 e. The van der Waals surface area contributed by atoms with E-state index >= 15 is 0 Å². The van der Waals surface area contributed by atoms with Crippen LogP contribution in [0.1, 0.15) is 38.8 Å². The van der Waals surface area contributed by atoms with E-state index in [-0.39, 0.29) is 17.9 Å². The van der Waals surface area contributed by atoms with E-state index in [0.29, 0.717) is 29.6 Å². The highest BCUT2D eigenvalue weighted by molar-refractivity contribution is 5.95. The van der Waals surface area contributed by atoms with Gasteiger partial charge in [-0.25, -0.2) is 9.59 Å². The van der Waals surface area contributed by atoms with Gasteiger partial charge in [-0.05, 0) is 30.7 Å². The van der Waals surface area contributed by atoms with E-state index in [9.17, 15) is 19.7 Å². The molecule has 0 aliphatic carbocycles. The lowest BCUT2D eigenvalue weighted by Crippen LogP contribution is -2.50. The number of urea groups is 1. The quantitative estimate of drug-likeness (QED) is 0.419. The van der Waals surface area contributed by atoms with Crippen LogP contribution in [0.2, 0.25) is 0 Å². The third-order valence-electron chi connectivity index (χ3n) is 5.39. The molecule has 9 nitrogen and oxygen atoms in total. The highest BCUT2D eigenvalue weighted by Gasteiger charge is 2.35. The van der Waals surface area contributed by atoms with Crippen LogP contribution in [0.25, 0.3) is 0 Å². The summed E-state index contributed by atoms with van der Waals surface area (Å²) in [5, 5.41) is 16.7. The van der Waals surface area contributed by atoms with E-state index in [1.165, 1.54) is 18.2 Å². The predicted octanol–water partition coefficient (Wildman–Crippen LogP) is 2.74. The van der Waals surface area contributed by atoms with Crippen LogP contribution in [0.4, 0.5) is 10.5 Å². The first kappa shape index (κ1) is 21.8. The number of likely N-dealkylation sites (tertiary alicyclic amines) is 1. The molecule has 1 aromatic carbocycles. The summed E-state index contributed by atoms with van der Waals surface area (Å²) >= 11 is 0. The molecule has 0 saturated carbocycles. The summed E-state index contributed by atoms with van der Waals surface area (Å²) in [5.74, 6) is 0.491. The Balaban J connectivity index is 2.01. The van der Waals surface area contributed by atoms with E-state index in [1.807, 2.05) is 0 Å². The Labute approximate surface area is 175 Å². The second kappa shape index (κ2) is 9.25. The summed E-state index contributed by atoms with van der Waals surface area (Å²) in [5.41, 5.74) is 1.11. The fraction of sp³-hybridized carbons (Fsp3) is 0.524. The number of esters is 1. The molecule has 0 spiro atoms. The van der Waals surface area contributed by atoms with Crippen LogP contribution >= 0.6 is 0 Å². The summed E-state index contributed by atoms with van der Waals surface area (Å²) in [4.78, 5) is 38.2. The van der Waals surface area contributed by atoms with E-state index in [1.54, 1.807) is 13.0 Å². The van der Waals surface area contributed by atoms with Crippen molar-refractivity contribution >= 4 is 17.7 Å². The van der Waals surface area contributed by atoms with Crippen molar-refractivity contribution in [1.29, 1.82) is 0 Å². The molecule has 1 aromatic rings. The Morgan fingerprint density at radius 2 is 2.00 bits per heavy atom. The van der Waals surface area contributed by atoms with Crippen molar-refractivity contribution in [2.75, 3.05) is 26.2 Å². The zero-order chi connectivity index (χ0) is 21.8. The van der Waals surface area contributed by atoms with Crippen LogP contribution in [-0.2, 0) is 9.53 Å². The number of ether oxygens (including phenoxy) is 1. The maximum Gasteiger partial charge on any atom is 0.338 e. The first-order valence-electron chi connectivity index (χ1n) is 10.2. The number of hydrogen-bond donors (Lipinski definition) is 2. The Kier molecular flexibility index (Phi) is 6.71. The van der Waals surface area contributed by atoms with Crippen molar-refractivity contribution in [1.82, 2.24) is 15.5 Å². The minimum absolute atomic E-state index is 0.108. The first-order valence-corrected chi connectivity index (χ1v) is 10.2. The minimum atomic E-state index is -0.827. The number of nitro benzene ring substituents is 1. The van der Waals surface area contributed by atoms with Crippen molar-refractivity contribution < 1.29 is 19.2 Å². The number of carbonyl (C=O) groups is 2. The highest BCUT2D eigenvalue weighted by atomic mass is 16.6. The maximum atomic E-state index is 12.9. The van der Waals surface area contributed by atoms with Gasteiger partial charge in [0.2, 0.25) is 0 Å². The molecular weight excluding hydrogens is 388 g/mol. The van der Waals surface area contributed by atoms with Crippen molar-refractivity contribution in [3.05, 3.63) is 51.2 Å². The average Bonchev–Trinajstić information content (AvgIpc) is 2.67. The number of nitro groups is 1. The zero-order valence-corrected chi connectivity index (χ0v) is 17.5. The number of nitrogens with zero attached hydrogens (tertiary/aromatic N) is 2. The van der Waals surface area contributed by atoms with Gasteiger partial charge in [-0.1, -0.05) is 26.0 Å². The van der Waals surface area contributed by atoms with E-state index < -0.39 is 23.0 Å². The van der Waals surface area contributed by atoms with Gasteiger partial charge in [0.1, 0.15) is 0 Å². The normalized spacial score (nSPS) is 24.8. The molecule has 1 saturated heterocycles. The maximum absolute atomic E-state index is 12.9.